The largest absolute Gasteiger partial charge is 0.300 e. The average Bonchev–Trinajstić information content (AvgIpc) is 2.76. The van der Waals surface area contributed by atoms with E-state index in [0.29, 0.717) is 20.8 Å². The van der Waals surface area contributed by atoms with E-state index in [1.54, 1.807) is 24.0 Å². The Hall–Kier alpha value is -0.870. The van der Waals surface area contributed by atoms with Gasteiger partial charge in [0, 0.05) is 23.8 Å². The van der Waals surface area contributed by atoms with Gasteiger partial charge in [-0.2, -0.15) is 11.8 Å². The maximum Gasteiger partial charge on any atom is 0.152 e. The van der Waals surface area contributed by atoms with Crippen molar-refractivity contribution >= 4 is 52.2 Å². The lowest BCUT2D eigenvalue weighted by Gasteiger charge is -2.04. The molecule has 0 saturated heterocycles. The Morgan fingerprint density at radius 1 is 1.00 bits per heavy atom. The zero-order valence-electron chi connectivity index (χ0n) is 10.9. The molecular formula is C15H11Cl3N2S. The Morgan fingerprint density at radius 2 is 1.76 bits per heavy atom. The number of rotatable bonds is 4. The van der Waals surface area contributed by atoms with Crippen molar-refractivity contribution < 1.29 is 0 Å². The second-order valence-electron chi connectivity index (χ2n) is 4.53. The number of imidazole rings is 1. The molecule has 2 heterocycles. The maximum atomic E-state index is 6.22. The molecule has 2 aromatic heterocycles. The number of benzene rings is 1. The van der Waals surface area contributed by atoms with E-state index in [9.17, 15) is 0 Å². The van der Waals surface area contributed by atoms with Crippen molar-refractivity contribution in [2.75, 3.05) is 0 Å². The highest BCUT2D eigenvalue weighted by molar-refractivity contribution is 7.97. The molecule has 2 nitrogen and oxygen atoms in total. The zero-order valence-corrected chi connectivity index (χ0v) is 14.0. The summed E-state index contributed by atoms with van der Waals surface area (Å²) in [5.74, 6) is 1.68. The Kier molecular flexibility index (Phi) is 4.65. The van der Waals surface area contributed by atoms with Crippen LogP contribution in [0.15, 0.2) is 42.6 Å². The molecule has 0 fully saturated rings. The monoisotopic (exact) mass is 356 g/mol. The summed E-state index contributed by atoms with van der Waals surface area (Å²) in [4.78, 5) is 4.31. The first-order chi connectivity index (χ1) is 10.1. The minimum absolute atomic E-state index is 0.481. The molecule has 6 heteroatoms. The molecule has 0 aliphatic heterocycles. The summed E-state index contributed by atoms with van der Waals surface area (Å²) in [7, 11) is 0. The normalized spacial score (nSPS) is 11.2. The summed E-state index contributed by atoms with van der Waals surface area (Å²) in [5, 5.41) is 1.47. The lowest BCUT2D eigenvalue weighted by molar-refractivity contribution is 1.09. The van der Waals surface area contributed by atoms with E-state index in [1.165, 1.54) is 5.56 Å². The Labute approximate surface area is 142 Å². The summed E-state index contributed by atoms with van der Waals surface area (Å²) >= 11 is 20.1. The van der Waals surface area contributed by atoms with Gasteiger partial charge in [-0.15, -0.1) is 0 Å². The van der Waals surface area contributed by atoms with Crippen molar-refractivity contribution in [2.45, 2.75) is 11.5 Å². The smallest absolute Gasteiger partial charge is 0.152 e. The van der Waals surface area contributed by atoms with Gasteiger partial charge in [-0.3, -0.25) is 0 Å². The molecule has 0 atom stereocenters. The molecule has 21 heavy (non-hydrogen) atoms. The van der Waals surface area contributed by atoms with Gasteiger partial charge in [-0.1, -0.05) is 65.1 Å². The van der Waals surface area contributed by atoms with Crippen molar-refractivity contribution in [3.63, 3.8) is 0 Å². The summed E-state index contributed by atoms with van der Waals surface area (Å²) in [6.07, 6.45) is 1.76. The number of aromatic nitrogens is 2. The van der Waals surface area contributed by atoms with Gasteiger partial charge in [0.1, 0.15) is 5.65 Å². The van der Waals surface area contributed by atoms with Gasteiger partial charge in [-0.25, -0.2) is 4.98 Å². The van der Waals surface area contributed by atoms with Crippen LogP contribution in [0.5, 0.6) is 0 Å². The standard InChI is InChI=1S/C15H11Cl3N2S/c16-11-6-14-19-15(18)13(20(14)7-12(11)17)9-21-8-10-4-2-1-3-5-10/h1-7H,8-9H2. The number of halogens is 3. The summed E-state index contributed by atoms with van der Waals surface area (Å²) in [5.41, 5.74) is 2.93. The van der Waals surface area contributed by atoms with E-state index in [0.717, 1.165) is 17.2 Å². The minimum atomic E-state index is 0.481. The summed E-state index contributed by atoms with van der Waals surface area (Å²) in [6, 6.07) is 12.0. The first-order valence-corrected chi connectivity index (χ1v) is 8.57. The fourth-order valence-electron chi connectivity index (χ4n) is 2.03. The molecule has 0 radical (unpaired) electrons. The molecule has 3 aromatic rings. The molecule has 0 N–H and O–H groups in total. The number of pyridine rings is 1. The highest BCUT2D eigenvalue weighted by Crippen LogP contribution is 2.29. The molecule has 0 aliphatic carbocycles. The quantitative estimate of drug-likeness (QED) is 0.593. The van der Waals surface area contributed by atoms with Gasteiger partial charge < -0.3 is 4.40 Å². The summed E-state index contributed by atoms with van der Waals surface area (Å²) < 4.78 is 1.90. The molecular weight excluding hydrogens is 347 g/mol. The van der Waals surface area contributed by atoms with Gasteiger partial charge >= 0.3 is 0 Å². The van der Waals surface area contributed by atoms with Crippen molar-refractivity contribution in [3.05, 3.63) is 69.1 Å². The van der Waals surface area contributed by atoms with Crippen LogP contribution in [0, 0.1) is 0 Å². The summed E-state index contributed by atoms with van der Waals surface area (Å²) in [6.45, 7) is 0. The fraction of sp³-hybridized carbons (Fsp3) is 0.133. The molecule has 0 saturated carbocycles. The average molecular weight is 358 g/mol. The van der Waals surface area contributed by atoms with Crippen molar-refractivity contribution in [2.24, 2.45) is 0 Å². The van der Waals surface area contributed by atoms with Crippen LogP contribution in [0.1, 0.15) is 11.3 Å². The first kappa shape index (κ1) is 15.0. The van der Waals surface area contributed by atoms with Gasteiger partial charge in [0.2, 0.25) is 0 Å². The fourth-order valence-corrected chi connectivity index (χ4v) is 3.65. The Bertz CT molecular complexity index is 771. The third-order valence-corrected chi connectivity index (χ3v) is 5.09. The van der Waals surface area contributed by atoms with Gasteiger partial charge in [0.05, 0.1) is 15.7 Å². The molecule has 3 rings (SSSR count). The minimum Gasteiger partial charge on any atom is -0.300 e. The third kappa shape index (κ3) is 3.32. The van der Waals surface area contributed by atoms with Crippen LogP contribution >= 0.6 is 46.6 Å². The number of nitrogens with zero attached hydrogens (tertiary/aromatic N) is 2. The number of thioether (sulfide) groups is 1. The Morgan fingerprint density at radius 3 is 2.52 bits per heavy atom. The molecule has 0 spiro atoms. The van der Waals surface area contributed by atoms with Crippen LogP contribution in [-0.4, -0.2) is 9.38 Å². The lowest BCUT2D eigenvalue weighted by atomic mass is 10.2. The third-order valence-electron chi connectivity index (χ3n) is 3.07. The van der Waals surface area contributed by atoms with Crippen LogP contribution in [-0.2, 0) is 11.5 Å². The van der Waals surface area contributed by atoms with Gasteiger partial charge in [0.25, 0.3) is 0 Å². The lowest BCUT2D eigenvalue weighted by Crippen LogP contribution is -1.92. The number of hydrogen-bond donors (Lipinski definition) is 0. The van der Waals surface area contributed by atoms with Gasteiger partial charge in [0.15, 0.2) is 5.15 Å². The van der Waals surface area contributed by atoms with E-state index in [-0.39, 0.29) is 0 Å². The molecule has 0 unspecified atom stereocenters. The van der Waals surface area contributed by atoms with E-state index < -0.39 is 0 Å². The highest BCUT2D eigenvalue weighted by Gasteiger charge is 2.12. The molecule has 1 aromatic carbocycles. The molecule has 108 valence electrons. The number of hydrogen-bond acceptors (Lipinski definition) is 2. The van der Waals surface area contributed by atoms with Crippen LogP contribution in [0.25, 0.3) is 5.65 Å². The van der Waals surface area contributed by atoms with E-state index in [4.69, 9.17) is 34.8 Å². The topological polar surface area (TPSA) is 17.3 Å². The molecule has 0 bridgehead atoms. The SMILES string of the molecule is Clc1cc2nc(Cl)c(CSCc3ccccc3)n2cc1Cl. The van der Waals surface area contributed by atoms with Crippen LogP contribution in [0.3, 0.4) is 0 Å². The Balaban J connectivity index is 1.80. The first-order valence-electron chi connectivity index (χ1n) is 6.28. The molecule has 0 aliphatic rings. The predicted octanol–water partition coefficient (Wildman–Crippen LogP) is 5.73. The van der Waals surface area contributed by atoms with Gasteiger partial charge in [-0.05, 0) is 5.56 Å². The predicted molar refractivity (Wildman–Crippen MR) is 91.7 cm³/mol. The number of fused-ring (bicyclic) bond motifs is 1. The van der Waals surface area contributed by atoms with Crippen molar-refractivity contribution in [1.29, 1.82) is 0 Å². The van der Waals surface area contributed by atoms with Crippen LogP contribution in [0.4, 0.5) is 0 Å². The second-order valence-corrected chi connectivity index (χ2v) is 6.68. The highest BCUT2D eigenvalue weighted by atomic mass is 35.5. The van der Waals surface area contributed by atoms with E-state index in [2.05, 4.69) is 17.1 Å². The van der Waals surface area contributed by atoms with Crippen molar-refractivity contribution in [3.8, 4) is 0 Å². The zero-order chi connectivity index (χ0) is 14.8. The van der Waals surface area contributed by atoms with E-state index >= 15 is 0 Å². The van der Waals surface area contributed by atoms with Crippen LogP contribution < -0.4 is 0 Å². The molecule has 0 amide bonds. The second kappa shape index (κ2) is 6.49. The van der Waals surface area contributed by atoms with E-state index in [1.807, 2.05) is 22.6 Å². The van der Waals surface area contributed by atoms with Crippen molar-refractivity contribution in [1.82, 2.24) is 9.38 Å². The maximum absolute atomic E-state index is 6.22. The van der Waals surface area contributed by atoms with Crippen LogP contribution in [0.2, 0.25) is 15.2 Å².